The summed E-state index contributed by atoms with van der Waals surface area (Å²) in [5.41, 5.74) is 3.27. The minimum atomic E-state index is -0.220. The van der Waals surface area contributed by atoms with Crippen molar-refractivity contribution in [2.24, 2.45) is 0 Å². The van der Waals surface area contributed by atoms with Crippen LogP contribution in [-0.2, 0) is 6.42 Å². The molecule has 0 heterocycles. The Morgan fingerprint density at radius 3 is 2.47 bits per heavy atom. The normalized spacial score (nSPS) is 10.6. The Balaban J connectivity index is 2.24. The molecular weight excluding hydrogens is 237 g/mol. The van der Waals surface area contributed by atoms with E-state index in [-0.39, 0.29) is 5.82 Å². The molecule has 0 aliphatic heterocycles. The van der Waals surface area contributed by atoms with Gasteiger partial charge in [0.25, 0.3) is 0 Å². The molecule has 2 aromatic rings. The summed E-state index contributed by atoms with van der Waals surface area (Å²) in [5.74, 6) is -0.220. The van der Waals surface area contributed by atoms with Gasteiger partial charge in [-0.15, -0.1) is 0 Å². The fourth-order valence-electron chi connectivity index (χ4n) is 1.80. The van der Waals surface area contributed by atoms with Gasteiger partial charge in [-0.3, -0.25) is 0 Å². The van der Waals surface area contributed by atoms with Crippen LogP contribution < -0.4 is 0 Å². The first-order chi connectivity index (χ1) is 9.22. The third-order valence-corrected chi connectivity index (χ3v) is 2.96. The molecule has 0 saturated carbocycles. The van der Waals surface area contributed by atoms with Gasteiger partial charge in [0, 0.05) is 5.56 Å². The van der Waals surface area contributed by atoms with Gasteiger partial charge in [-0.05, 0) is 41.8 Å². The van der Waals surface area contributed by atoms with Gasteiger partial charge in [-0.2, -0.15) is 5.26 Å². The summed E-state index contributed by atoms with van der Waals surface area (Å²) in [7, 11) is 0. The van der Waals surface area contributed by atoms with Crippen molar-refractivity contribution in [1.82, 2.24) is 0 Å². The number of aryl methyl sites for hydroxylation is 1. The molecule has 0 saturated heterocycles. The number of benzene rings is 2. The number of nitriles is 1. The van der Waals surface area contributed by atoms with Crippen LogP contribution in [0.5, 0.6) is 0 Å². The molecule has 2 rings (SSSR count). The lowest BCUT2D eigenvalue weighted by Crippen LogP contribution is -1.86. The smallest absolute Gasteiger partial charge is 0.130 e. The van der Waals surface area contributed by atoms with Crippen molar-refractivity contribution in [3.63, 3.8) is 0 Å². The summed E-state index contributed by atoms with van der Waals surface area (Å²) in [6, 6.07) is 14.4. The van der Waals surface area contributed by atoms with E-state index in [1.807, 2.05) is 31.2 Å². The van der Waals surface area contributed by atoms with E-state index in [1.165, 1.54) is 6.07 Å². The van der Waals surface area contributed by atoms with Crippen LogP contribution in [-0.4, -0.2) is 0 Å². The zero-order chi connectivity index (χ0) is 13.7. The van der Waals surface area contributed by atoms with Crippen molar-refractivity contribution in [3.05, 3.63) is 70.5 Å². The summed E-state index contributed by atoms with van der Waals surface area (Å²) < 4.78 is 13.6. The van der Waals surface area contributed by atoms with Crippen molar-refractivity contribution in [2.75, 3.05) is 0 Å². The van der Waals surface area contributed by atoms with E-state index in [0.29, 0.717) is 11.1 Å². The van der Waals surface area contributed by atoms with E-state index in [2.05, 4.69) is 6.07 Å². The first kappa shape index (κ1) is 13.0. The molecule has 1 nitrogen and oxygen atoms in total. The Kier molecular flexibility index (Phi) is 4.10. The van der Waals surface area contributed by atoms with Gasteiger partial charge in [0.2, 0.25) is 0 Å². The molecule has 19 heavy (non-hydrogen) atoms. The summed E-state index contributed by atoms with van der Waals surface area (Å²) >= 11 is 0. The molecule has 0 atom stereocenters. The predicted octanol–water partition coefficient (Wildman–Crippen LogP) is 4.43. The van der Waals surface area contributed by atoms with Crippen molar-refractivity contribution in [3.8, 4) is 6.07 Å². The molecule has 0 bridgehead atoms. The van der Waals surface area contributed by atoms with E-state index in [0.717, 1.165) is 17.5 Å². The second kappa shape index (κ2) is 5.97. The van der Waals surface area contributed by atoms with Crippen LogP contribution in [0.25, 0.3) is 12.2 Å². The van der Waals surface area contributed by atoms with Crippen LogP contribution in [0.2, 0.25) is 0 Å². The Morgan fingerprint density at radius 1 is 1.11 bits per heavy atom. The first-order valence-corrected chi connectivity index (χ1v) is 6.19. The van der Waals surface area contributed by atoms with Gasteiger partial charge in [-0.1, -0.05) is 37.3 Å². The van der Waals surface area contributed by atoms with Crippen molar-refractivity contribution >= 4 is 12.2 Å². The number of hydrogen-bond donors (Lipinski definition) is 0. The zero-order valence-electron chi connectivity index (χ0n) is 10.7. The third kappa shape index (κ3) is 3.29. The fraction of sp³-hybridized carbons (Fsp3) is 0.118. The maximum absolute atomic E-state index is 13.6. The standard InChI is InChI=1S/C17H14FN/c1-2-13-8-10-17(18)16(11-13)9-7-14-3-5-15(12-19)6-4-14/h3-11H,2H2,1H3/b9-7+. The highest BCUT2D eigenvalue weighted by molar-refractivity contribution is 5.70. The van der Waals surface area contributed by atoms with Crippen molar-refractivity contribution in [2.45, 2.75) is 13.3 Å². The maximum Gasteiger partial charge on any atom is 0.130 e. The molecule has 0 spiro atoms. The van der Waals surface area contributed by atoms with Gasteiger partial charge < -0.3 is 0 Å². The number of halogens is 1. The fourth-order valence-corrected chi connectivity index (χ4v) is 1.80. The SMILES string of the molecule is CCc1ccc(F)c(/C=C/c2ccc(C#N)cc2)c1. The highest BCUT2D eigenvalue weighted by atomic mass is 19.1. The summed E-state index contributed by atoms with van der Waals surface area (Å²) in [6.45, 7) is 2.04. The minimum Gasteiger partial charge on any atom is -0.206 e. The summed E-state index contributed by atoms with van der Waals surface area (Å²) in [5, 5.41) is 8.71. The lowest BCUT2D eigenvalue weighted by Gasteiger charge is -2.01. The molecule has 0 N–H and O–H groups in total. The van der Waals surface area contributed by atoms with Crippen LogP contribution in [0.15, 0.2) is 42.5 Å². The van der Waals surface area contributed by atoms with Gasteiger partial charge >= 0.3 is 0 Å². The molecule has 0 radical (unpaired) electrons. The second-order valence-electron chi connectivity index (χ2n) is 4.28. The van der Waals surface area contributed by atoms with Crippen LogP contribution in [0.3, 0.4) is 0 Å². The molecule has 0 unspecified atom stereocenters. The Labute approximate surface area is 112 Å². The van der Waals surface area contributed by atoms with E-state index in [1.54, 1.807) is 24.3 Å². The van der Waals surface area contributed by atoms with Crippen LogP contribution in [0, 0.1) is 17.1 Å². The molecule has 0 amide bonds. The van der Waals surface area contributed by atoms with E-state index < -0.39 is 0 Å². The Hall–Kier alpha value is -2.40. The largest absolute Gasteiger partial charge is 0.206 e. The van der Waals surface area contributed by atoms with Gasteiger partial charge in [0.1, 0.15) is 5.82 Å². The quantitative estimate of drug-likeness (QED) is 0.740. The molecule has 0 aromatic heterocycles. The molecule has 0 aliphatic carbocycles. The molecule has 0 aliphatic rings. The highest BCUT2D eigenvalue weighted by Gasteiger charge is 1.99. The van der Waals surface area contributed by atoms with Crippen molar-refractivity contribution < 1.29 is 4.39 Å². The average molecular weight is 251 g/mol. The maximum atomic E-state index is 13.6. The highest BCUT2D eigenvalue weighted by Crippen LogP contribution is 2.15. The second-order valence-corrected chi connectivity index (χ2v) is 4.28. The molecule has 2 aromatic carbocycles. The average Bonchev–Trinajstić information content (AvgIpc) is 2.47. The lowest BCUT2D eigenvalue weighted by atomic mass is 10.1. The van der Waals surface area contributed by atoms with Crippen LogP contribution in [0.4, 0.5) is 4.39 Å². The zero-order valence-corrected chi connectivity index (χ0v) is 10.7. The molecule has 0 fully saturated rings. The number of nitrogens with zero attached hydrogens (tertiary/aromatic N) is 1. The minimum absolute atomic E-state index is 0.220. The van der Waals surface area contributed by atoms with E-state index in [4.69, 9.17) is 5.26 Å². The van der Waals surface area contributed by atoms with Gasteiger partial charge in [0.15, 0.2) is 0 Å². The van der Waals surface area contributed by atoms with Crippen LogP contribution in [0.1, 0.15) is 29.2 Å². The third-order valence-electron chi connectivity index (χ3n) is 2.96. The first-order valence-electron chi connectivity index (χ1n) is 6.19. The lowest BCUT2D eigenvalue weighted by molar-refractivity contribution is 0.624. The summed E-state index contributed by atoms with van der Waals surface area (Å²) in [4.78, 5) is 0. The topological polar surface area (TPSA) is 23.8 Å². The number of rotatable bonds is 3. The number of hydrogen-bond acceptors (Lipinski definition) is 1. The Morgan fingerprint density at radius 2 is 1.84 bits per heavy atom. The van der Waals surface area contributed by atoms with Gasteiger partial charge in [0.05, 0.1) is 11.6 Å². The molecular formula is C17H14FN. The van der Waals surface area contributed by atoms with Crippen LogP contribution >= 0.6 is 0 Å². The predicted molar refractivity (Wildman–Crippen MR) is 75.9 cm³/mol. The monoisotopic (exact) mass is 251 g/mol. The molecule has 2 heteroatoms. The van der Waals surface area contributed by atoms with E-state index >= 15 is 0 Å². The van der Waals surface area contributed by atoms with E-state index in [9.17, 15) is 4.39 Å². The Bertz CT molecular complexity index is 633. The summed E-state index contributed by atoms with van der Waals surface area (Å²) in [6.07, 6.45) is 4.49. The van der Waals surface area contributed by atoms with Gasteiger partial charge in [-0.25, -0.2) is 4.39 Å². The molecule has 94 valence electrons. The van der Waals surface area contributed by atoms with Crippen molar-refractivity contribution in [1.29, 1.82) is 5.26 Å².